The first-order chi connectivity index (χ1) is 20.0. The molecule has 0 saturated carbocycles. The summed E-state index contributed by atoms with van der Waals surface area (Å²) in [6.07, 6.45) is 14.3. The molecule has 0 aliphatic carbocycles. The first-order valence-electron chi connectivity index (χ1n) is 15.0. The van der Waals surface area contributed by atoms with Crippen molar-refractivity contribution in [1.82, 2.24) is 0 Å². The van der Waals surface area contributed by atoms with Crippen LogP contribution in [0.15, 0.2) is 82.6 Å². The monoisotopic (exact) mass is 650 g/mol. The van der Waals surface area contributed by atoms with Gasteiger partial charge in [0, 0.05) is 0 Å². The molecule has 0 atom stereocenters. The molecule has 0 fully saturated rings. The van der Waals surface area contributed by atoms with Crippen LogP contribution >= 0.6 is 0 Å². The van der Waals surface area contributed by atoms with Crippen molar-refractivity contribution in [2.75, 3.05) is 0 Å². The van der Waals surface area contributed by atoms with E-state index in [2.05, 4.69) is 26.0 Å². The molecule has 0 spiro atoms. The second-order valence-corrected chi connectivity index (χ2v) is 13.6. The number of hydrogen-bond donors (Lipinski definition) is 0. The largest absolute Gasteiger partial charge is 2.00 e. The summed E-state index contributed by atoms with van der Waals surface area (Å²) >= 11 is 0. The average Bonchev–Trinajstić information content (AvgIpc) is 2.96. The van der Waals surface area contributed by atoms with Crippen LogP contribution in [0, 0.1) is 0 Å². The molecule has 0 bridgehead atoms. The second kappa shape index (κ2) is 18.4. The van der Waals surface area contributed by atoms with Crippen molar-refractivity contribution >= 4 is 79.5 Å². The van der Waals surface area contributed by atoms with Crippen LogP contribution in [0.1, 0.15) is 89.2 Å². The van der Waals surface area contributed by atoms with Gasteiger partial charge in [0.2, 0.25) is 0 Å². The molecular weight excluding hydrogens is 609 g/mol. The Morgan fingerprint density at radius 3 is 1.23 bits per heavy atom. The molecule has 0 saturated heterocycles. The third kappa shape index (κ3) is 12.1. The third-order valence-electron chi connectivity index (χ3n) is 7.56. The fraction of sp³-hybridized carbons (Fsp3) is 0.412. The van der Waals surface area contributed by atoms with Crippen molar-refractivity contribution in [3.05, 3.63) is 83.9 Å². The maximum Gasteiger partial charge on any atom is 2.00 e. The maximum absolute atomic E-state index is 11.1. The Balaban J connectivity index is 0.000000293. The van der Waals surface area contributed by atoms with Crippen LogP contribution in [0.2, 0.25) is 0 Å². The molecule has 0 heterocycles. The Bertz CT molecular complexity index is 1540. The van der Waals surface area contributed by atoms with Crippen molar-refractivity contribution in [1.29, 1.82) is 0 Å². The molecule has 0 aliphatic heterocycles. The summed E-state index contributed by atoms with van der Waals surface area (Å²) < 4.78 is 66.5. The minimum Gasteiger partial charge on any atom is -0.744 e. The first kappa shape index (κ1) is 37.7. The van der Waals surface area contributed by atoms with E-state index in [0.717, 1.165) is 47.2 Å². The zero-order chi connectivity index (χ0) is 30.6. The fourth-order valence-corrected chi connectivity index (χ4v) is 6.25. The van der Waals surface area contributed by atoms with Gasteiger partial charge in [-0.25, -0.2) is 16.8 Å². The first-order valence-corrected chi connectivity index (χ1v) is 17.8. The molecule has 0 radical (unpaired) electrons. The van der Waals surface area contributed by atoms with E-state index in [4.69, 9.17) is 0 Å². The molecule has 9 heteroatoms. The molecular formula is C34H42CaO6S2. The molecule has 43 heavy (non-hydrogen) atoms. The number of fused-ring (bicyclic) bond motifs is 2. The predicted molar refractivity (Wildman–Crippen MR) is 175 cm³/mol. The van der Waals surface area contributed by atoms with Crippen LogP contribution < -0.4 is 0 Å². The number of unbranched alkanes of at least 4 members (excludes halogenated alkanes) is 8. The van der Waals surface area contributed by atoms with Crippen molar-refractivity contribution in [2.24, 2.45) is 0 Å². The van der Waals surface area contributed by atoms with Gasteiger partial charge in [-0.2, -0.15) is 0 Å². The van der Waals surface area contributed by atoms with Gasteiger partial charge in [0.05, 0.1) is 9.79 Å². The van der Waals surface area contributed by atoms with Crippen LogP contribution in [-0.2, 0) is 33.1 Å². The van der Waals surface area contributed by atoms with Crippen molar-refractivity contribution in [2.45, 2.75) is 101 Å². The van der Waals surface area contributed by atoms with E-state index in [1.165, 1.54) is 86.8 Å². The predicted octanol–water partition coefficient (Wildman–Crippen LogP) is 8.13. The summed E-state index contributed by atoms with van der Waals surface area (Å²) in [6, 6.07) is 21.0. The van der Waals surface area contributed by atoms with E-state index < -0.39 is 20.2 Å². The molecule has 228 valence electrons. The minimum atomic E-state index is -4.38. The Morgan fingerprint density at radius 1 is 0.512 bits per heavy atom. The van der Waals surface area contributed by atoms with Gasteiger partial charge in [-0.05, 0) is 82.6 Å². The summed E-state index contributed by atoms with van der Waals surface area (Å²) in [5.74, 6) is 0. The molecule has 6 nitrogen and oxygen atoms in total. The van der Waals surface area contributed by atoms with E-state index in [1.807, 2.05) is 24.3 Å². The van der Waals surface area contributed by atoms with Crippen LogP contribution in [0.4, 0.5) is 0 Å². The topological polar surface area (TPSA) is 114 Å². The van der Waals surface area contributed by atoms with Crippen molar-refractivity contribution in [3.63, 3.8) is 0 Å². The Hall–Kier alpha value is -1.52. The Kier molecular flexibility index (Phi) is 16.2. The molecule has 0 N–H and O–H groups in total. The summed E-state index contributed by atoms with van der Waals surface area (Å²) in [6.45, 7) is 4.40. The van der Waals surface area contributed by atoms with Gasteiger partial charge in [-0.3, -0.25) is 0 Å². The Labute approximate surface area is 287 Å². The van der Waals surface area contributed by atoms with Gasteiger partial charge in [0.25, 0.3) is 0 Å². The van der Waals surface area contributed by atoms with Gasteiger partial charge in [-0.15, -0.1) is 0 Å². The molecule has 4 aromatic rings. The standard InChI is InChI=1S/2C17H22O3S.Ca/c2*1-2-3-4-5-6-8-14-9-7-10-15-13-16(21(18,19)20)11-12-17(14)15;/h2*7,9-13H,2-6,8H2,1H3,(H,18,19,20);/q;;+2/p-2. The summed E-state index contributed by atoms with van der Waals surface area (Å²) in [7, 11) is -8.77. The number of aryl methyl sites for hydroxylation is 2. The van der Waals surface area contributed by atoms with Gasteiger partial charge in [-0.1, -0.05) is 114 Å². The quantitative estimate of drug-likeness (QED) is 0.0773. The van der Waals surface area contributed by atoms with E-state index in [-0.39, 0.29) is 47.5 Å². The van der Waals surface area contributed by atoms with E-state index >= 15 is 0 Å². The zero-order valence-corrected chi connectivity index (χ0v) is 29.2. The van der Waals surface area contributed by atoms with Crippen LogP contribution in [0.5, 0.6) is 0 Å². The average molecular weight is 651 g/mol. The van der Waals surface area contributed by atoms with E-state index in [1.54, 1.807) is 12.1 Å². The van der Waals surface area contributed by atoms with Gasteiger partial charge < -0.3 is 9.11 Å². The van der Waals surface area contributed by atoms with Crippen LogP contribution in [0.3, 0.4) is 0 Å². The van der Waals surface area contributed by atoms with Gasteiger partial charge in [0.15, 0.2) is 0 Å². The van der Waals surface area contributed by atoms with E-state index in [0.29, 0.717) is 0 Å². The summed E-state index contributed by atoms with van der Waals surface area (Å²) in [5.41, 5.74) is 2.44. The summed E-state index contributed by atoms with van der Waals surface area (Å²) in [5, 5.41) is 3.72. The van der Waals surface area contributed by atoms with Crippen LogP contribution in [-0.4, -0.2) is 63.7 Å². The molecule has 0 aromatic heterocycles. The number of benzene rings is 4. The number of hydrogen-bond acceptors (Lipinski definition) is 6. The smallest absolute Gasteiger partial charge is 0.744 e. The maximum atomic E-state index is 11.1. The minimum absolute atomic E-state index is 0. The molecule has 4 aromatic carbocycles. The summed E-state index contributed by atoms with van der Waals surface area (Å²) in [4.78, 5) is -0.315. The van der Waals surface area contributed by atoms with Gasteiger partial charge >= 0.3 is 37.7 Å². The third-order valence-corrected chi connectivity index (χ3v) is 9.22. The van der Waals surface area contributed by atoms with Gasteiger partial charge in [0.1, 0.15) is 20.2 Å². The van der Waals surface area contributed by atoms with Crippen molar-refractivity contribution in [3.8, 4) is 0 Å². The van der Waals surface area contributed by atoms with E-state index in [9.17, 15) is 25.9 Å². The van der Waals surface area contributed by atoms with Crippen LogP contribution in [0.25, 0.3) is 21.5 Å². The zero-order valence-electron chi connectivity index (χ0n) is 25.4. The fourth-order valence-electron chi connectivity index (χ4n) is 5.24. The SMILES string of the molecule is CCCCCCCc1cccc2cc(S(=O)(=O)[O-])ccc12.CCCCCCCc1cccc2cc(S(=O)(=O)[O-])ccc12.[Ca+2]. The molecule has 0 unspecified atom stereocenters. The Morgan fingerprint density at radius 2 is 0.884 bits per heavy atom. The van der Waals surface area contributed by atoms with Crippen molar-refractivity contribution < 1.29 is 25.9 Å². The second-order valence-electron chi connectivity index (χ2n) is 10.8. The molecule has 0 aliphatic rings. The normalized spacial score (nSPS) is 11.6. The molecule has 0 amide bonds. The molecule has 4 rings (SSSR count). The number of rotatable bonds is 14.